The van der Waals surface area contributed by atoms with Gasteiger partial charge in [0.15, 0.2) is 16.9 Å². The van der Waals surface area contributed by atoms with Gasteiger partial charge in [0.1, 0.15) is 22.5 Å². The number of methoxy groups -OCH3 is 2. The maximum absolute atomic E-state index is 13.0. The van der Waals surface area contributed by atoms with Crippen LogP contribution in [0.4, 0.5) is 0 Å². The Balaban J connectivity index is 2.06. The van der Waals surface area contributed by atoms with E-state index >= 15 is 0 Å². The fraction of sp³-hybridized carbons (Fsp3) is 0.154. The number of phenols is 3. The van der Waals surface area contributed by atoms with Gasteiger partial charge in [0.2, 0.25) is 5.75 Å². The second-order valence-corrected chi connectivity index (χ2v) is 7.61. The smallest absolute Gasteiger partial charge is 0.306 e. The largest absolute Gasteiger partial charge is 0.504 e. The molecule has 8 nitrogen and oxygen atoms in total. The van der Waals surface area contributed by atoms with Gasteiger partial charge in [0, 0.05) is 23.1 Å². The first-order valence-electron chi connectivity index (χ1n) is 10.4. The van der Waals surface area contributed by atoms with Gasteiger partial charge in [-0.3, -0.25) is 9.59 Å². The monoisotopic (exact) mass is 462 g/mol. The minimum atomic E-state index is -0.887. The standard InChI is InChI=1S/C26H22O8/c1-32-16-10-8-14(9-11-16)17(12-20(28)33-2)21-23(29)25(31)24(30)22-18(27)13-19(34-26(21)22)15-6-4-3-5-7-15/h3-11,13,17,29-31H,12H2,1-2H3. The van der Waals surface area contributed by atoms with Crippen molar-refractivity contribution in [1.82, 2.24) is 0 Å². The summed E-state index contributed by atoms with van der Waals surface area (Å²) in [7, 11) is 2.74. The van der Waals surface area contributed by atoms with E-state index in [1.807, 2.05) is 0 Å². The predicted octanol–water partition coefficient (Wildman–Crippen LogP) is 4.28. The van der Waals surface area contributed by atoms with Gasteiger partial charge in [-0.05, 0) is 17.7 Å². The highest BCUT2D eigenvalue weighted by molar-refractivity contribution is 5.93. The van der Waals surface area contributed by atoms with Gasteiger partial charge in [-0.1, -0.05) is 42.5 Å². The number of ether oxygens (including phenoxy) is 2. The minimum absolute atomic E-state index is 0.0317. The maximum atomic E-state index is 13.0. The fourth-order valence-corrected chi connectivity index (χ4v) is 3.91. The Morgan fingerprint density at radius 3 is 2.24 bits per heavy atom. The van der Waals surface area contributed by atoms with Gasteiger partial charge in [-0.2, -0.15) is 0 Å². The zero-order chi connectivity index (χ0) is 24.4. The van der Waals surface area contributed by atoms with E-state index < -0.39 is 34.6 Å². The van der Waals surface area contributed by atoms with Crippen molar-refractivity contribution in [2.24, 2.45) is 0 Å². The summed E-state index contributed by atoms with van der Waals surface area (Å²) in [6, 6.07) is 16.7. The number of carbonyl (C=O) groups excluding carboxylic acids is 1. The van der Waals surface area contributed by atoms with E-state index in [1.54, 1.807) is 54.6 Å². The van der Waals surface area contributed by atoms with Crippen LogP contribution in [0.2, 0.25) is 0 Å². The van der Waals surface area contributed by atoms with Crippen molar-refractivity contribution < 1.29 is 34.0 Å². The van der Waals surface area contributed by atoms with Crippen LogP contribution in [0.3, 0.4) is 0 Å². The molecule has 1 unspecified atom stereocenters. The number of carbonyl (C=O) groups is 1. The Kier molecular flexibility index (Phi) is 6.14. The van der Waals surface area contributed by atoms with Gasteiger partial charge in [-0.15, -0.1) is 0 Å². The summed E-state index contributed by atoms with van der Waals surface area (Å²) >= 11 is 0. The molecular weight excluding hydrogens is 440 g/mol. The van der Waals surface area contributed by atoms with Crippen LogP contribution < -0.4 is 10.2 Å². The lowest BCUT2D eigenvalue weighted by Crippen LogP contribution is -2.12. The van der Waals surface area contributed by atoms with Crippen molar-refractivity contribution in [3.8, 4) is 34.3 Å². The summed E-state index contributed by atoms with van der Waals surface area (Å²) in [5.74, 6) is -3.12. The molecule has 0 saturated heterocycles. The van der Waals surface area contributed by atoms with Gasteiger partial charge >= 0.3 is 5.97 Å². The molecule has 8 heteroatoms. The molecule has 1 aromatic heterocycles. The van der Waals surface area contributed by atoms with Crippen molar-refractivity contribution in [1.29, 1.82) is 0 Å². The Hall–Kier alpha value is -4.46. The van der Waals surface area contributed by atoms with Crippen LogP contribution in [0.25, 0.3) is 22.3 Å². The first-order chi connectivity index (χ1) is 16.3. The van der Waals surface area contributed by atoms with E-state index in [4.69, 9.17) is 13.9 Å². The second kappa shape index (κ2) is 9.19. The molecule has 0 saturated carbocycles. The summed E-state index contributed by atoms with van der Waals surface area (Å²) in [4.78, 5) is 25.3. The van der Waals surface area contributed by atoms with E-state index in [2.05, 4.69) is 0 Å². The Morgan fingerprint density at radius 2 is 1.62 bits per heavy atom. The third kappa shape index (κ3) is 4.01. The van der Waals surface area contributed by atoms with Crippen molar-refractivity contribution in [3.05, 3.63) is 82.0 Å². The molecule has 0 aliphatic carbocycles. The number of phenolic OH excluding ortho intramolecular Hbond substituents is 3. The molecule has 0 amide bonds. The third-order valence-corrected chi connectivity index (χ3v) is 5.66. The second-order valence-electron chi connectivity index (χ2n) is 7.61. The SMILES string of the molecule is COC(=O)CC(c1ccc(OC)cc1)c1c(O)c(O)c(O)c2c(=O)cc(-c3ccccc3)oc12. The topological polar surface area (TPSA) is 126 Å². The summed E-state index contributed by atoms with van der Waals surface area (Å²) in [6.07, 6.45) is -0.241. The molecule has 0 bridgehead atoms. The lowest BCUT2D eigenvalue weighted by Gasteiger charge is -2.21. The van der Waals surface area contributed by atoms with Gasteiger partial charge in [-0.25, -0.2) is 0 Å². The molecule has 3 aromatic carbocycles. The van der Waals surface area contributed by atoms with Crippen LogP contribution in [0, 0.1) is 0 Å². The van der Waals surface area contributed by atoms with Crippen molar-refractivity contribution in [2.75, 3.05) is 14.2 Å². The molecule has 0 spiro atoms. The molecule has 0 radical (unpaired) electrons. The molecule has 4 aromatic rings. The van der Waals surface area contributed by atoms with Crippen LogP contribution >= 0.6 is 0 Å². The maximum Gasteiger partial charge on any atom is 0.306 e. The number of esters is 1. The zero-order valence-corrected chi connectivity index (χ0v) is 18.4. The normalized spacial score (nSPS) is 11.8. The molecular formula is C26H22O8. The number of fused-ring (bicyclic) bond motifs is 1. The van der Waals surface area contributed by atoms with Crippen LogP contribution in [0.15, 0.2) is 69.9 Å². The zero-order valence-electron chi connectivity index (χ0n) is 18.4. The first kappa shape index (κ1) is 22.7. The van der Waals surface area contributed by atoms with Gasteiger partial charge in [0.25, 0.3) is 0 Å². The molecule has 174 valence electrons. The molecule has 4 rings (SSSR count). The van der Waals surface area contributed by atoms with E-state index in [1.165, 1.54) is 20.3 Å². The van der Waals surface area contributed by atoms with Crippen LogP contribution in [-0.2, 0) is 9.53 Å². The van der Waals surface area contributed by atoms with Crippen LogP contribution in [0.1, 0.15) is 23.5 Å². The number of hydrogen-bond donors (Lipinski definition) is 3. The quantitative estimate of drug-likeness (QED) is 0.286. The molecule has 34 heavy (non-hydrogen) atoms. The average molecular weight is 462 g/mol. The van der Waals surface area contributed by atoms with Crippen LogP contribution in [0.5, 0.6) is 23.0 Å². The van der Waals surface area contributed by atoms with E-state index in [9.17, 15) is 24.9 Å². The highest BCUT2D eigenvalue weighted by Crippen LogP contribution is 2.49. The number of rotatable bonds is 6. The van der Waals surface area contributed by atoms with E-state index in [0.717, 1.165) is 0 Å². The van der Waals surface area contributed by atoms with Crippen molar-refractivity contribution in [3.63, 3.8) is 0 Å². The summed E-state index contributed by atoms with van der Waals surface area (Å²) in [6.45, 7) is 0. The number of aromatic hydroxyl groups is 3. The van der Waals surface area contributed by atoms with Crippen molar-refractivity contribution in [2.45, 2.75) is 12.3 Å². The molecule has 1 atom stereocenters. The number of benzene rings is 3. The average Bonchev–Trinajstić information content (AvgIpc) is 2.86. The van der Waals surface area contributed by atoms with Gasteiger partial charge in [0.05, 0.1) is 20.6 Å². The first-order valence-corrected chi connectivity index (χ1v) is 10.4. The number of hydrogen-bond acceptors (Lipinski definition) is 8. The van der Waals surface area contributed by atoms with Crippen molar-refractivity contribution >= 4 is 16.9 Å². The highest BCUT2D eigenvalue weighted by Gasteiger charge is 2.31. The van der Waals surface area contributed by atoms with Gasteiger partial charge < -0.3 is 29.2 Å². The molecule has 0 fully saturated rings. The van der Waals surface area contributed by atoms with Crippen LogP contribution in [-0.4, -0.2) is 35.5 Å². The predicted molar refractivity (Wildman–Crippen MR) is 124 cm³/mol. The summed E-state index contributed by atoms with van der Waals surface area (Å²) < 4.78 is 16.1. The fourth-order valence-electron chi connectivity index (χ4n) is 3.91. The molecule has 0 aliphatic heterocycles. The molecule has 3 N–H and O–H groups in total. The lowest BCUT2D eigenvalue weighted by atomic mass is 9.86. The summed E-state index contributed by atoms with van der Waals surface area (Å²) in [5, 5.41) is 31.5. The molecule has 0 aliphatic rings. The lowest BCUT2D eigenvalue weighted by molar-refractivity contribution is -0.140. The van der Waals surface area contributed by atoms with E-state index in [-0.39, 0.29) is 28.7 Å². The Bertz CT molecular complexity index is 1410. The minimum Gasteiger partial charge on any atom is -0.504 e. The summed E-state index contributed by atoms with van der Waals surface area (Å²) in [5.41, 5.74) is 0.342. The third-order valence-electron chi connectivity index (χ3n) is 5.66. The van der Waals surface area contributed by atoms with E-state index in [0.29, 0.717) is 16.9 Å². The molecule has 1 heterocycles. The Labute approximate surface area is 194 Å². The highest BCUT2D eigenvalue weighted by atomic mass is 16.5. The Morgan fingerprint density at radius 1 is 0.941 bits per heavy atom.